The molecule has 190 valence electrons. The third kappa shape index (κ3) is 6.22. The Morgan fingerprint density at radius 2 is 1.31 bits per heavy atom. The molecule has 0 N–H and O–H groups in total. The largest absolute Gasteiger partial charge is 0.497 e. The topological polar surface area (TPSA) is 60.5 Å². The molecule has 1 amide bonds. The van der Waals surface area contributed by atoms with Crippen LogP contribution in [0.4, 0.5) is 0 Å². The molecule has 1 aliphatic rings. The molecule has 36 heavy (non-hydrogen) atoms. The second kappa shape index (κ2) is 12.0. The first-order chi connectivity index (χ1) is 17.5. The first-order valence-electron chi connectivity index (χ1n) is 11.8. The Balaban J connectivity index is 1.57. The van der Waals surface area contributed by atoms with E-state index in [2.05, 4.69) is 11.9 Å². The van der Waals surface area contributed by atoms with Crippen LogP contribution in [0.25, 0.3) is 0 Å². The first-order valence-corrected chi connectivity index (χ1v) is 12.2. The van der Waals surface area contributed by atoms with E-state index in [-0.39, 0.29) is 17.5 Å². The summed E-state index contributed by atoms with van der Waals surface area (Å²) >= 11 is 6.79. The van der Waals surface area contributed by atoms with Crippen molar-refractivity contribution in [2.45, 2.75) is 13.2 Å². The van der Waals surface area contributed by atoms with Crippen LogP contribution in [-0.2, 0) is 13.2 Å². The Hall–Kier alpha value is -3.42. The van der Waals surface area contributed by atoms with Gasteiger partial charge in [-0.05, 0) is 54.6 Å². The van der Waals surface area contributed by atoms with Gasteiger partial charge in [0.25, 0.3) is 5.91 Å². The highest BCUT2D eigenvalue weighted by molar-refractivity contribution is 6.35. The number of rotatable bonds is 9. The molecule has 1 fully saturated rings. The molecular formula is C28H31ClN2O5. The number of benzene rings is 3. The SMILES string of the molecule is COc1ccc(COc2ccc(C(=O)N3CCN(C)CC3)c(Cl)c2OCc2ccc(OC)cc2)cc1. The summed E-state index contributed by atoms with van der Waals surface area (Å²) in [4.78, 5) is 17.3. The van der Waals surface area contributed by atoms with Crippen molar-refractivity contribution in [3.8, 4) is 23.0 Å². The summed E-state index contributed by atoms with van der Waals surface area (Å²) in [6.45, 7) is 3.53. The van der Waals surface area contributed by atoms with E-state index in [1.54, 1.807) is 26.4 Å². The van der Waals surface area contributed by atoms with Crippen LogP contribution < -0.4 is 18.9 Å². The van der Waals surface area contributed by atoms with Gasteiger partial charge >= 0.3 is 0 Å². The van der Waals surface area contributed by atoms with Gasteiger partial charge in [-0.25, -0.2) is 0 Å². The molecule has 0 saturated carbocycles. The summed E-state index contributed by atoms with van der Waals surface area (Å²) in [6.07, 6.45) is 0. The van der Waals surface area contributed by atoms with Crippen LogP contribution in [0.5, 0.6) is 23.0 Å². The van der Waals surface area contributed by atoms with Gasteiger partial charge in [-0.3, -0.25) is 4.79 Å². The molecule has 0 atom stereocenters. The molecule has 4 rings (SSSR count). The lowest BCUT2D eigenvalue weighted by Gasteiger charge is -2.32. The van der Waals surface area contributed by atoms with Gasteiger partial charge in [0, 0.05) is 26.2 Å². The quantitative estimate of drug-likeness (QED) is 0.408. The second-order valence-corrected chi connectivity index (χ2v) is 9.00. The second-order valence-electron chi connectivity index (χ2n) is 8.62. The molecule has 3 aromatic carbocycles. The zero-order valence-corrected chi connectivity index (χ0v) is 21.6. The number of piperazine rings is 1. The number of halogens is 1. The van der Waals surface area contributed by atoms with E-state index >= 15 is 0 Å². The minimum atomic E-state index is -0.107. The van der Waals surface area contributed by atoms with Crippen molar-refractivity contribution in [3.63, 3.8) is 0 Å². The Morgan fingerprint density at radius 1 is 0.778 bits per heavy atom. The van der Waals surface area contributed by atoms with Crippen LogP contribution in [0.15, 0.2) is 60.7 Å². The van der Waals surface area contributed by atoms with E-state index in [1.807, 2.05) is 53.4 Å². The van der Waals surface area contributed by atoms with Gasteiger partial charge in [0.2, 0.25) is 0 Å². The summed E-state index contributed by atoms with van der Waals surface area (Å²) in [5, 5.41) is 0.250. The molecule has 0 radical (unpaired) electrons. The normalized spacial score (nSPS) is 13.8. The van der Waals surface area contributed by atoms with Gasteiger partial charge in [0.1, 0.15) is 24.7 Å². The smallest absolute Gasteiger partial charge is 0.255 e. The fourth-order valence-corrected chi connectivity index (χ4v) is 4.18. The lowest BCUT2D eigenvalue weighted by atomic mass is 10.1. The van der Waals surface area contributed by atoms with Crippen molar-refractivity contribution in [3.05, 3.63) is 82.4 Å². The predicted octanol–water partition coefficient (Wildman–Crippen LogP) is 4.90. The van der Waals surface area contributed by atoms with Crippen molar-refractivity contribution in [1.29, 1.82) is 0 Å². The van der Waals surface area contributed by atoms with Gasteiger partial charge in [-0.15, -0.1) is 0 Å². The minimum absolute atomic E-state index is 0.107. The lowest BCUT2D eigenvalue weighted by Crippen LogP contribution is -2.47. The van der Waals surface area contributed by atoms with Crippen LogP contribution >= 0.6 is 11.6 Å². The van der Waals surface area contributed by atoms with Crippen LogP contribution in [0.1, 0.15) is 21.5 Å². The molecule has 0 aromatic heterocycles. The van der Waals surface area contributed by atoms with E-state index in [0.717, 1.165) is 35.7 Å². The zero-order valence-electron chi connectivity index (χ0n) is 20.8. The van der Waals surface area contributed by atoms with Gasteiger partial charge in [0.15, 0.2) is 11.5 Å². The van der Waals surface area contributed by atoms with E-state index in [0.29, 0.717) is 36.8 Å². The Labute approximate surface area is 217 Å². The van der Waals surface area contributed by atoms with Gasteiger partial charge in [0.05, 0.1) is 24.8 Å². The maximum absolute atomic E-state index is 13.3. The maximum atomic E-state index is 13.3. The number of carbonyl (C=O) groups excluding carboxylic acids is 1. The molecule has 1 aliphatic heterocycles. The minimum Gasteiger partial charge on any atom is -0.497 e. The maximum Gasteiger partial charge on any atom is 0.255 e. The van der Waals surface area contributed by atoms with Crippen LogP contribution in [-0.4, -0.2) is 63.2 Å². The molecule has 0 unspecified atom stereocenters. The average Bonchev–Trinajstić information content (AvgIpc) is 2.92. The zero-order chi connectivity index (χ0) is 25.5. The van der Waals surface area contributed by atoms with Gasteiger partial charge < -0.3 is 28.7 Å². The fourth-order valence-electron chi connectivity index (χ4n) is 3.89. The van der Waals surface area contributed by atoms with E-state index in [9.17, 15) is 4.79 Å². The summed E-state index contributed by atoms with van der Waals surface area (Å²) in [5.74, 6) is 2.25. The lowest BCUT2D eigenvalue weighted by molar-refractivity contribution is 0.0663. The number of ether oxygens (including phenoxy) is 4. The van der Waals surface area contributed by atoms with Crippen molar-refractivity contribution < 1.29 is 23.7 Å². The summed E-state index contributed by atoms with van der Waals surface area (Å²) in [7, 11) is 5.31. The third-order valence-corrected chi connectivity index (χ3v) is 6.55. The molecule has 0 aliphatic carbocycles. The number of hydrogen-bond donors (Lipinski definition) is 0. The number of hydrogen-bond acceptors (Lipinski definition) is 6. The number of amides is 1. The fraction of sp³-hybridized carbons (Fsp3) is 0.321. The molecule has 1 saturated heterocycles. The van der Waals surface area contributed by atoms with Crippen molar-refractivity contribution in [2.24, 2.45) is 0 Å². The van der Waals surface area contributed by atoms with Gasteiger partial charge in [-0.1, -0.05) is 35.9 Å². The Morgan fingerprint density at radius 3 is 1.83 bits per heavy atom. The molecule has 0 spiro atoms. The van der Waals surface area contributed by atoms with Gasteiger partial charge in [-0.2, -0.15) is 0 Å². The molecule has 3 aromatic rings. The molecule has 1 heterocycles. The molecule has 8 heteroatoms. The van der Waals surface area contributed by atoms with Crippen LogP contribution in [0, 0.1) is 0 Å². The van der Waals surface area contributed by atoms with Crippen molar-refractivity contribution in [1.82, 2.24) is 9.80 Å². The number of carbonyl (C=O) groups is 1. The van der Waals surface area contributed by atoms with Crippen molar-refractivity contribution >= 4 is 17.5 Å². The Bertz CT molecular complexity index is 1160. The highest BCUT2D eigenvalue weighted by Gasteiger charge is 2.25. The number of likely N-dealkylation sites (N-methyl/N-ethyl adjacent to an activating group) is 1. The van der Waals surface area contributed by atoms with Crippen molar-refractivity contribution in [2.75, 3.05) is 47.4 Å². The van der Waals surface area contributed by atoms with E-state index in [1.165, 1.54) is 0 Å². The third-order valence-electron chi connectivity index (χ3n) is 6.18. The number of nitrogens with zero attached hydrogens (tertiary/aromatic N) is 2. The first kappa shape index (κ1) is 25.7. The Kier molecular flexibility index (Phi) is 8.57. The summed E-state index contributed by atoms with van der Waals surface area (Å²) < 4.78 is 22.7. The highest BCUT2D eigenvalue weighted by Crippen LogP contribution is 2.39. The predicted molar refractivity (Wildman–Crippen MR) is 140 cm³/mol. The van der Waals surface area contributed by atoms with E-state index in [4.69, 9.17) is 30.5 Å². The summed E-state index contributed by atoms with van der Waals surface area (Å²) in [5.41, 5.74) is 2.30. The summed E-state index contributed by atoms with van der Waals surface area (Å²) in [6, 6.07) is 18.7. The van der Waals surface area contributed by atoms with Crippen LogP contribution in [0.2, 0.25) is 5.02 Å². The standard InChI is InChI=1S/C28H31ClN2O5/c1-30-14-16-31(17-15-30)28(32)24-12-13-25(35-18-20-4-8-22(33-2)9-5-20)27(26(24)29)36-19-21-6-10-23(34-3)11-7-21/h4-13H,14-19H2,1-3H3. The number of methoxy groups -OCH3 is 2. The van der Waals surface area contributed by atoms with E-state index < -0.39 is 0 Å². The monoisotopic (exact) mass is 510 g/mol. The molecule has 0 bridgehead atoms. The molecule has 7 nitrogen and oxygen atoms in total. The highest BCUT2D eigenvalue weighted by atomic mass is 35.5. The average molecular weight is 511 g/mol. The molecular weight excluding hydrogens is 480 g/mol. The van der Waals surface area contributed by atoms with Crippen LogP contribution in [0.3, 0.4) is 0 Å².